The van der Waals surface area contributed by atoms with E-state index in [4.69, 9.17) is 10.8 Å². The lowest BCUT2D eigenvalue weighted by Gasteiger charge is -2.03. The summed E-state index contributed by atoms with van der Waals surface area (Å²) >= 11 is 0. The van der Waals surface area contributed by atoms with Crippen molar-refractivity contribution in [2.45, 2.75) is 13.0 Å². The molecule has 0 aliphatic heterocycles. The minimum absolute atomic E-state index is 0.0124. The molecule has 0 saturated heterocycles. The van der Waals surface area contributed by atoms with E-state index in [1.807, 2.05) is 6.92 Å². The highest BCUT2D eigenvalue weighted by Gasteiger charge is 1.95. The van der Waals surface area contributed by atoms with Crippen LogP contribution in [-0.4, -0.2) is 30.2 Å². The van der Waals surface area contributed by atoms with Crippen molar-refractivity contribution in [3.8, 4) is 0 Å². The molecule has 4 N–H and O–H groups in total. The standard InChI is InChI=1S/C5H12N2O2/c1-4(6)2-7-3-5(8)9/h4,7H,2-3,6H2,1H3,(H,8,9)/t4-/m1/s1. The molecule has 54 valence electrons. The van der Waals surface area contributed by atoms with Gasteiger partial charge >= 0.3 is 5.97 Å². The van der Waals surface area contributed by atoms with Crippen molar-refractivity contribution >= 4 is 5.97 Å². The molecule has 0 unspecified atom stereocenters. The molecule has 9 heavy (non-hydrogen) atoms. The van der Waals surface area contributed by atoms with Crippen LogP contribution in [0.1, 0.15) is 6.92 Å². The van der Waals surface area contributed by atoms with Gasteiger partial charge in [-0.15, -0.1) is 0 Å². The van der Waals surface area contributed by atoms with Gasteiger partial charge in [0.1, 0.15) is 0 Å². The summed E-state index contributed by atoms with van der Waals surface area (Å²) in [5, 5.41) is 10.8. The van der Waals surface area contributed by atoms with E-state index < -0.39 is 5.97 Å². The summed E-state index contributed by atoms with van der Waals surface area (Å²) in [6.45, 7) is 2.35. The van der Waals surface area contributed by atoms with Gasteiger partial charge in [-0.3, -0.25) is 4.79 Å². The van der Waals surface area contributed by atoms with E-state index in [9.17, 15) is 4.79 Å². The van der Waals surface area contributed by atoms with Crippen LogP contribution in [-0.2, 0) is 4.79 Å². The summed E-state index contributed by atoms with van der Waals surface area (Å²) in [5.74, 6) is -0.851. The van der Waals surface area contributed by atoms with E-state index in [1.54, 1.807) is 0 Å². The van der Waals surface area contributed by atoms with Crippen LogP contribution in [0, 0.1) is 0 Å². The lowest BCUT2D eigenvalue weighted by atomic mass is 10.4. The Bertz CT molecular complexity index is 93.0. The molecule has 4 nitrogen and oxygen atoms in total. The third-order valence-corrected chi connectivity index (χ3v) is 0.743. The summed E-state index contributed by atoms with van der Waals surface area (Å²) in [6, 6.07) is 0.0179. The average Bonchev–Trinajstić information content (AvgIpc) is 1.63. The van der Waals surface area contributed by atoms with Gasteiger partial charge in [0.2, 0.25) is 0 Å². The van der Waals surface area contributed by atoms with Crippen LogP contribution in [0.3, 0.4) is 0 Å². The van der Waals surface area contributed by atoms with Gasteiger partial charge in [0.15, 0.2) is 0 Å². The number of carbonyl (C=O) groups is 1. The van der Waals surface area contributed by atoms with Crippen molar-refractivity contribution in [3.63, 3.8) is 0 Å². The molecule has 0 spiro atoms. The summed E-state index contributed by atoms with van der Waals surface area (Å²) in [6.07, 6.45) is 0. The molecule has 0 bridgehead atoms. The molecule has 0 fully saturated rings. The summed E-state index contributed by atoms with van der Waals surface area (Å²) in [7, 11) is 0. The van der Waals surface area contributed by atoms with E-state index >= 15 is 0 Å². The second-order valence-corrected chi connectivity index (χ2v) is 2.00. The zero-order valence-electron chi connectivity index (χ0n) is 5.42. The van der Waals surface area contributed by atoms with Crippen LogP contribution in [0.15, 0.2) is 0 Å². The van der Waals surface area contributed by atoms with Gasteiger partial charge in [-0.1, -0.05) is 0 Å². The maximum Gasteiger partial charge on any atom is 0.317 e. The van der Waals surface area contributed by atoms with E-state index in [-0.39, 0.29) is 12.6 Å². The molecule has 1 atom stereocenters. The molecule has 0 aromatic carbocycles. The summed E-state index contributed by atoms with van der Waals surface area (Å²) < 4.78 is 0. The molecule has 0 amide bonds. The highest BCUT2D eigenvalue weighted by atomic mass is 16.4. The maximum atomic E-state index is 9.88. The number of nitrogens with two attached hydrogens (primary N) is 1. The minimum atomic E-state index is -0.851. The van der Waals surface area contributed by atoms with Gasteiger partial charge in [-0.25, -0.2) is 0 Å². The fraction of sp³-hybridized carbons (Fsp3) is 0.800. The van der Waals surface area contributed by atoms with Crippen LogP contribution in [0.2, 0.25) is 0 Å². The third kappa shape index (κ3) is 7.39. The molecular formula is C5H12N2O2. The first-order valence-electron chi connectivity index (χ1n) is 2.81. The number of hydrogen-bond acceptors (Lipinski definition) is 3. The monoisotopic (exact) mass is 132 g/mol. The predicted molar refractivity (Wildman–Crippen MR) is 34.2 cm³/mol. The Kier molecular flexibility index (Phi) is 4.00. The molecule has 0 aliphatic carbocycles. The molecule has 0 saturated carbocycles. The second kappa shape index (κ2) is 4.29. The molecule has 0 aliphatic rings. The van der Waals surface area contributed by atoms with Crippen molar-refractivity contribution in [2.24, 2.45) is 5.73 Å². The van der Waals surface area contributed by atoms with Gasteiger partial charge in [0.05, 0.1) is 6.54 Å². The highest BCUT2D eigenvalue weighted by molar-refractivity contribution is 5.68. The Balaban J connectivity index is 3.01. The molecule has 4 heteroatoms. The van der Waals surface area contributed by atoms with Crippen molar-refractivity contribution in [1.82, 2.24) is 5.32 Å². The highest BCUT2D eigenvalue weighted by Crippen LogP contribution is 1.68. The second-order valence-electron chi connectivity index (χ2n) is 2.00. The lowest BCUT2D eigenvalue weighted by molar-refractivity contribution is -0.135. The SMILES string of the molecule is C[C@@H](N)CNCC(=O)O. The van der Waals surface area contributed by atoms with Gasteiger partial charge < -0.3 is 16.2 Å². The predicted octanol–water partition coefficient (Wildman–Crippen LogP) is -0.992. The third-order valence-electron chi connectivity index (χ3n) is 0.743. The zero-order chi connectivity index (χ0) is 7.28. The molecular weight excluding hydrogens is 120 g/mol. The molecule has 0 aromatic heterocycles. The van der Waals surface area contributed by atoms with E-state index in [1.165, 1.54) is 0 Å². The Morgan fingerprint density at radius 2 is 2.44 bits per heavy atom. The maximum absolute atomic E-state index is 9.88. The molecule has 0 radical (unpaired) electrons. The Morgan fingerprint density at radius 1 is 1.89 bits per heavy atom. The summed E-state index contributed by atoms with van der Waals surface area (Å²) in [5.41, 5.74) is 5.32. The van der Waals surface area contributed by atoms with Gasteiger partial charge in [0.25, 0.3) is 0 Å². The molecule has 0 heterocycles. The number of carboxylic acid groups (broad SMARTS) is 1. The Morgan fingerprint density at radius 3 is 2.78 bits per heavy atom. The van der Waals surface area contributed by atoms with Crippen molar-refractivity contribution in [1.29, 1.82) is 0 Å². The Hall–Kier alpha value is -0.610. The fourth-order valence-corrected chi connectivity index (χ4v) is 0.407. The van der Waals surface area contributed by atoms with E-state index in [0.29, 0.717) is 6.54 Å². The van der Waals surface area contributed by atoms with Crippen LogP contribution >= 0.6 is 0 Å². The number of aliphatic carboxylic acids is 1. The molecule has 0 aromatic rings. The zero-order valence-corrected chi connectivity index (χ0v) is 5.42. The van der Waals surface area contributed by atoms with Crippen molar-refractivity contribution < 1.29 is 9.90 Å². The van der Waals surface area contributed by atoms with Crippen LogP contribution in [0.4, 0.5) is 0 Å². The van der Waals surface area contributed by atoms with Crippen LogP contribution in [0.5, 0.6) is 0 Å². The van der Waals surface area contributed by atoms with Gasteiger partial charge in [-0.05, 0) is 6.92 Å². The number of hydrogen-bond donors (Lipinski definition) is 3. The summed E-state index contributed by atoms with van der Waals surface area (Å²) in [4.78, 5) is 9.88. The van der Waals surface area contributed by atoms with Gasteiger partial charge in [0, 0.05) is 12.6 Å². The van der Waals surface area contributed by atoms with Crippen molar-refractivity contribution in [2.75, 3.05) is 13.1 Å². The fourth-order valence-electron chi connectivity index (χ4n) is 0.407. The smallest absolute Gasteiger partial charge is 0.317 e. The van der Waals surface area contributed by atoms with E-state index in [0.717, 1.165) is 0 Å². The minimum Gasteiger partial charge on any atom is -0.480 e. The lowest BCUT2D eigenvalue weighted by Crippen LogP contribution is -2.34. The van der Waals surface area contributed by atoms with Crippen LogP contribution < -0.4 is 11.1 Å². The molecule has 0 rings (SSSR count). The van der Waals surface area contributed by atoms with Crippen molar-refractivity contribution in [3.05, 3.63) is 0 Å². The van der Waals surface area contributed by atoms with Crippen LogP contribution in [0.25, 0.3) is 0 Å². The first-order valence-corrected chi connectivity index (χ1v) is 2.81. The Labute approximate surface area is 54.0 Å². The topological polar surface area (TPSA) is 75.3 Å². The quantitative estimate of drug-likeness (QED) is 0.459. The van der Waals surface area contributed by atoms with Gasteiger partial charge in [-0.2, -0.15) is 0 Å². The average molecular weight is 132 g/mol. The number of carboxylic acids is 1. The first kappa shape index (κ1) is 8.39. The number of nitrogens with one attached hydrogen (secondary N) is 1. The van der Waals surface area contributed by atoms with E-state index in [2.05, 4.69) is 5.32 Å². The largest absolute Gasteiger partial charge is 0.480 e. The first-order chi connectivity index (χ1) is 4.13. The normalized spacial score (nSPS) is 13.1. The number of rotatable bonds is 4.